The molecule has 0 saturated carbocycles. The van der Waals surface area contributed by atoms with Crippen molar-refractivity contribution in [3.05, 3.63) is 52.5 Å². The van der Waals surface area contributed by atoms with Gasteiger partial charge in [0.2, 0.25) is 10.0 Å². The highest BCUT2D eigenvalue weighted by molar-refractivity contribution is 7.89. The minimum atomic E-state index is -3.52. The molecular formula is C20H24N2O4S. The lowest BCUT2D eigenvalue weighted by Crippen LogP contribution is -2.50. The molecule has 2 aromatic rings. The lowest BCUT2D eigenvalue weighted by atomic mass is 10.1. The van der Waals surface area contributed by atoms with Crippen molar-refractivity contribution in [3.8, 4) is 0 Å². The van der Waals surface area contributed by atoms with Gasteiger partial charge in [0, 0.05) is 26.2 Å². The van der Waals surface area contributed by atoms with E-state index in [-0.39, 0.29) is 5.91 Å². The molecule has 1 amide bonds. The minimum Gasteiger partial charge on any atom is -0.466 e. The number of piperazine rings is 1. The average Bonchev–Trinajstić information content (AvgIpc) is 3.26. The number of amides is 1. The van der Waals surface area contributed by atoms with Crippen LogP contribution in [-0.4, -0.2) is 49.7 Å². The van der Waals surface area contributed by atoms with E-state index >= 15 is 0 Å². The summed E-state index contributed by atoms with van der Waals surface area (Å²) in [5, 5.41) is 0. The van der Waals surface area contributed by atoms with E-state index in [1.165, 1.54) is 9.87 Å². The molecule has 2 aliphatic rings. The first kappa shape index (κ1) is 18.3. The maximum atomic E-state index is 13.0. The van der Waals surface area contributed by atoms with Crippen LogP contribution in [0.15, 0.2) is 33.6 Å². The summed E-state index contributed by atoms with van der Waals surface area (Å²) >= 11 is 0. The third-order valence-electron chi connectivity index (χ3n) is 5.50. The Morgan fingerprint density at radius 3 is 2.37 bits per heavy atom. The number of carbonyl (C=O) groups is 1. The van der Waals surface area contributed by atoms with E-state index < -0.39 is 10.0 Å². The molecule has 1 aliphatic heterocycles. The summed E-state index contributed by atoms with van der Waals surface area (Å²) in [6.07, 6.45) is 3.07. The van der Waals surface area contributed by atoms with Gasteiger partial charge in [0.25, 0.3) is 5.91 Å². The van der Waals surface area contributed by atoms with Crippen molar-refractivity contribution in [2.75, 3.05) is 26.2 Å². The van der Waals surface area contributed by atoms with Crippen molar-refractivity contribution in [1.82, 2.24) is 9.21 Å². The van der Waals surface area contributed by atoms with E-state index in [4.69, 9.17) is 4.42 Å². The molecule has 0 radical (unpaired) electrons. The van der Waals surface area contributed by atoms with E-state index in [1.807, 2.05) is 19.1 Å². The van der Waals surface area contributed by atoms with Crippen molar-refractivity contribution in [2.24, 2.45) is 0 Å². The largest absolute Gasteiger partial charge is 0.466 e. The Balaban J connectivity index is 1.47. The fourth-order valence-electron chi connectivity index (χ4n) is 4.00. The third-order valence-corrected chi connectivity index (χ3v) is 7.40. The molecule has 2 heterocycles. The van der Waals surface area contributed by atoms with Crippen LogP contribution in [0.3, 0.4) is 0 Å². The molecular weight excluding hydrogens is 364 g/mol. The molecule has 1 fully saturated rings. The second-order valence-corrected chi connectivity index (χ2v) is 9.25. The smallest absolute Gasteiger partial charge is 0.257 e. The summed E-state index contributed by atoms with van der Waals surface area (Å²) in [6.45, 7) is 4.96. The summed E-state index contributed by atoms with van der Waals surface area (Å²) in [5.74, 6) is 1.21. The molecule has 1 aliphatic carbocycles. The number of hydrogen-bond acceptors (Lipinski definition) is 4. The van der Waals surface area contributed by atoms with Crippen molar-refractivity contribution < 1.29 is 17.6 Å². The van der Waals surface area contributed by atoms with Gasteiger partial charge in [0.15, 0.2) is 0 Å². The first-order valence-electron chi connectivity index (χ1n) is 9.34. The van der Waals surface area contributed by atoms with Gasteiger partial charge in [0.05, 0.1) is 10.5 Å². The number of nitrogens with zero attached hydrogens (tertiary/aromatic N) is 2. The van der Waals surface area contributed by atoms with Gasteiger partial charge >= 0.3 is 0 Å². The summed E-state index contributed by atoms with van der Waals surface area (Å²) in [6, 6.07) is 7.23. The van der Waals surface area contributed by atoms with Crippen LogP contribution in [0.1, 0.15) is 39.4 Å². The van der Waals surface area contributed by atoms with E-state index in [0.717, 1.165) is 24.8 Å². The maximum Gasteiger partial charge on any atom is 0.257 e. The van der Waals surface area contributed by atoms with Crippen LogP contribution in [0.2, 0.25) is 0 Å². The SMILES string of the molecule is Cc1cc(C(=O)N2CCN(S(=O)(=O)c3ccc4c(c3)CCC4)CC2)c(C)o1. The molecule has 6 nitrogen and oxygen atoms in total. The molecule has 4 rings (SSSR count). The minimum absolute atomic E-state index is 0.0982. The van der Waals surface area contributed by atoms with E-state index in [9.17, 15) is 13.2 Å². The fraction of sp³-hybridized carbons (Fsp3) is 0.450. The van der Waals surface area contributed by atoms with Gasteiger partial charge in [-0.1, -0.05) is 6.07 Å². The molecule has 1 aromatic heterocycles. The topological polar surface area (TPSA) is 70.8 Å². The number of benzene rings is 1. The van der Waals surface area contributed by atoms with Crippen LogP contribution in [-0.2, 0) is 22.9 Å². The van der Waals surface area contributed by atoms with Gasteiger partial charge < -0.3 is 9.32 Å². The second-order valence-electron chi connectivity index (χ2n) is 7.31. The highest BCUT2D eigenvalue weighted by Crippen LogP contribution is 2.27. The zero-order valence-corrected chi connectivity index (χ0v) is 16.5. The van der Waals surface area contributed by atoms with Gasteiger partial charge in [-0.15, -0.1) is 0 Å². The number of aryl methyl sites for hydroxylation is 4. The molecule has 144 valence electrons. The predicted molar refractivity (Wildman–Crippen MR) is 101 cm³/mol. The van der Waals surface area contributed by atoms with Crippen molar-refractivity contribution in [3.63, 3.8) is 0 Å². The zero-order chi connectivity index (χ0) is 19.2. The highest BCUT2D eigenvalue weighted by Gasteiger charge is 2.32. The van der Waals surface area contributed by atoms with Gasteiger partial charge in [-0.3, -0.25) is 4.79 Å². The molecule has 1 saturated heterocycles. The molecule has 0 spiro atoms. The van der Waals surface area contributed by atoms with Crippen LogP contribution in [0, 0.1) is 13.8 Å². The lowest BCUT2D eigenvalue weighted by Gasteiger charge is -2.34. The van der Waals surface area contributed by atoms with Crippen LogP contribution in [0.5, 0.6) is 0 Å². The Morgan fingerprint density at radius 2 is 1.70 bits per heavy atom. The number of carbonyl (C=O) groups excluding carboxylic acids is 1. The maximum absolute atomic E-state index is 13.0. The molecule has 0 unspecified atom stereocenters. The quantitative estimate of drug-likeness (QED) is 0.810. The normalized spacial score (nSPS) is 17.9. The van der Waals surface area contributed by atoms with Gasteiger partial charge in [-0.25, -0.2) is 8.42 Å². The molecule has 1 aromatic carbocycles. The Labute approximate surface area is 159 Å². The first-order valence-corrected chi connectivity index (χ1v) is 10.8. The van der Waals surface area contributed by atoms with Crippen LogP contribution in [0.25, 0.3) is 0 Å². The molecule has 27 heavy (non-hydrogen) atoms. The summed E-state index contributed by atoms with van der Waals surface area (Å²) in [7, 11) is -3.52. The lowest BCUT2D eigenvalue weighted by molar-refractivity contribution is 0.0696. The highest BCUT2D eigenvalue weighted by atomic mass is 32.2. The molecule has 7 heteroatoms. The van der Waals surface area contributed by atoms with Crippen molar-refractivity contribution >= 4 is 15.9 Å². The number of rotatable bonds is 3. The molecule has 0 N–H and O–H groups in total. The Morgan fingerprint density at radius 1 is 1.00 bits per heavy atom. The second kappa shape index (κ2) is 6.80. The summed E-state index contributed by atoms with van der Waals surface area (Å²) in [4.78, 5) is 14.8. The summed E-state index contributed by atoms with van der Waals surface area (Å²) in [5.41, 5.74) is 2.97. The number of sulfonamides is 1. The van der Waals surface area contributed by atoms with Crippen LogP contribution < -0.4 is 0 Å². The Kier molecular flexibility index (Phi) is 4.60. The Bertz CT molecular complexity index is 985. The first-order chi connectivity index (χ1) is 12.9. The Hall–Kier alpha value is -2.12. The molecule has 0 atom stereocenters. The van der Waals surface area contributed by atoms with E-state index in [2.05, 4.69) is 0 Å². The average molecular weight is 388 g/mol. The van der Waals surface area contributed by atoms with Crippen molar-refractivity contribution in [2.45, 2.75) is 38.0 Å². The van der Waals surface area contributed by atoms with Crippen molar-refractivity contribution in [1.29, 1.82) is 0 Å². The molecule has 0 bridgehead atoms. The van der Waals surface area contributed by atoms with Crippen LogP contribution in [0.4, 0.5) is 0 Å². The van der Waals surface area contributed by atoms with Gasteiger partial charge in [-0.05, 0) is 62.4 Å². The monoisotopic (exact) mass is 388 g/mol. The standard InChI is InChI=1S/C20H24N2O4S/c1-14-12-19(15(2)26-14)20(23)21-8-10-22(11-9-21)27(24,25)18-7-6-16-4-3-5-17(16)13-18/h6-7,12-13H,3-5,8-11H2,1-2H3. The predicted octanol–water partition coefficient (Wildman–Crippen LogP) is 2.53. The number of furan rings is 1. The summed E-state index contributed by atoms with van der Waals surface area (Å²) < 4.78 is 32.9. The van der Waals surface area contributed by atoms with E-state index in [1.54, 1.807) is 24.0 Å². The third kappa shape index (κ3) is 3.30. The van der Waals surface area contributed by atoms with Gasteiger partial charge in [0.1, 0.15) is 11.5 Å². The van der Waals surface area contributed by atoms with E-state index in [0.29, 0.717) is 48.2 Å². The number of hydrogen-bond donors (Lipinski definition) is 0. The zero-order valence-electron chi connectivity index (χ0n) is 15.7. The van der Waals surface area contributed by atoms with Crippen LogP contribution >= 0.6 is 0 Å². The van der Waals surface area contributed by atoms with Gasteiger partial charge in [-0.2, -0.15) is 4.31 Å². The number of fused-ring (bicyclic) bond motifs is 1. The fourth-order valence-corrected chi connectivity index (χ4v) is 5.48.